The molecule has 0 saturated carbocycles. The van der Waals surface area contributed by atoms with E-state index >= 15 is 0 Å². The van der Waals surface area contributed by atoms with E-state index in [0.717, 1.165) is 27.3 Å². The van der Waals surface area contributed by atoms with Gasteiger partial charge in [0.15, 0.2) is 0 Å². The quantitative estimate of drug-likeness (QED) is 0.312. The number of carbonyl (C=O) groups is 2. The molecule has 3 aromatic carbocycles. The van der Waals surface area contributed by atoms with Gasteiger partial charge in [-0.1, -0.05) is 59.0 Å². The van der Waals surface area contributed by atoms with Gasteiger partial charge in [0.1, 0.15) is 23.4 Å². The maximum atomic E-state index is 13.8. The Morgan fingerprint density at radius 3 is 2.39 bits per heavy atom. The summed E-state index contributed by atoms with van der Waals surface area (Å²) in [6.07, 6.45) is 0. The first kappa shape index (κ1) is 24.8. The largest absolute Gasteiger partial charge is 0.497 e. The van der Waals surface area contributed by atoms with Gasteiger partial charge in [0.2, 0.25) is 11.8 Å². The van der Waals surface area contributed by atoms with Crippen molar-refractivity contribution in [3.05, 3.63) is 103 Å². The maximum absolute atomic E-state index is 13.8. The molecular weight excluding hydrogens is 544 g/mol. The Morgan fingerprint density at radius 1 is 0.947 bits per heavy atom. The minimum atomic E-state index is -0.647. The number of H-pyrrole nitrogens is 1. The number of benzene rings is 3. The molecule has 1 N–H and O–H groups in total. The minimum Gasteiger partial charge on any atom is -0.497 e. The molecule has 3 heterocycles. The normalized spacial score (nSPS) is 20.3. The van der Waals surface area contributed by atoms with E-state index in [4.69, 9.17) is 21.1 Å². The van der Waals surface area contributed by atoms with Gasteiger partial charge in [-0.15, -0.1) is 0 Å². The van der Waals surface area contributed by atoms with Crippen LogP contribution in [0.2, 0.25) is 5.02 Å². The van der Waals surface area contributed by atoms with Crippen molar-refractivity contribution in [1.82, 2.24) is 4.98 Å². The molecule has 2 aliphatic rings. The highest BCUT2D eigenvalue weighted by molar-refractivity contribution is 8.00. The zero-order valence-corrected chi connectivity index (χ0v) is 22.4. The van der Waals surface area contributed by atoms with Crippen LogP contribution >= 0.6 is 34.7 Å². The van der Waals surface area contributed by atoms with Crippen molar-refractivity contribution in [2.75, 3.05) is 12.0 Å². The standard InChI is InChI=1S/C28H21ClN2O5S2/c1-35-19-11-7-18(8-12-19)31-26(32)22-21(23-25(30-28(34)38-23)37-24(22)27(31)33)16-5-9-20(10-6-16)36-14-15-3-2-4-17(29)13-15/h2-13,21-22,24H,14H2,1H3,(H,30,34). The summed E-state index contributed by atoms with van der Waals surface area (Å²) in [5, 5.41) is 0.642. The number of halogens is 1. The highest BCUT2D eigenvalue weighted by atomic mass is 35.5. The zero-order chi connectivity index (χ0) is 26.4. The zero-order valence-electron chi connectivity index (χ0n) is 20.1. The van der Waals surface area contributed by atoms with Gasteiger partial charge in [-0.3, -0.25) is 14.4 Å². The van der Waals surface area contributed by atoms with Gasteiger partial charge in [0.05, 0.1) is 23.7 Å². The number of methoxy groups -OCH3 is 1. The van der Waals surface area contributed by atoms with Crippen LogP contribution in [0.15, 0.2) is 82.6 Å². The van der Waals surface area contributed by atoms with Crippen LogP contribution in [0.25, 0.3) is 0 Å². The topological polar surface area (TPSA) is 88.7 Å². The van der Waals surface area contributed by atoms with Crippen molar-refractivity contribution >= 4 is 52.2 Å². The summed E-state index contributed by atoms with van der Waals surface area (Å²) in [6.45, 7) is 0.359. The number of aromatic nitrogens is 1. The van der Waals surface area contributed by atoms with E-state index in [-0.39, 0.29) is 16.7 Å². The lowest BCUT2D eigenvalue weighted by Gasteiger charge is -2.29. The molecule has 3 unspecified atom stereocenters. The van der Waals surface area contributed by atoms with Crippen LogP contribution in [0.4, 0.5) is 5.69 Å². The van der Waals surface area contributed by atoms with Gasteiger partial charge in [0, 0.05) is 15.8 Å². The number of rotatable bonds is 6. The van der Waals surface area contributed by atoms with Crippen molar-refractivity contribution < 1.29 is 19.1 Å². The number of anilines is 1. The third-order valence-corrected chi connectivity index (χ3v) is 9.32. The predicted octanol–water partition coefficient (Wildman–Crippen LogP) is 5.47. The molecule has 0 bridgehead atoms. The second kappa shape index (κ2) is 9.98. The number of thioether (sulfide) groups is 1. The molecule has 1 fully saturated rings. The Kier molecular flexibility index (Phi) is 6.51. The third kappa shape index (κ3) is 4.40. The monoisotopic (exact) mass is 564 g/mol. The smallest absolute Gasteiger partial charge is 0.305 e. The summed E-state index contributed by atoms with van der Waals surface area (Å²) in [7, 11) is 1.56. The molecule has 4 aromatic rings. The van der Waals surface area contributed by atoms with Gasteiger partial charge >= 0.3 is 4.87 Å². The van der Waals surface area contributed by atoms with Crippen LogP contribution < -0.4 is 19.2 Å². The molecule has 2 aliphatic heterocycles. The molecule has 0 aliphatic carbocycles. The van der Waals surface area contributed by atoms with E-state index in [0.29, 0.717) is 33.8 Å². The van der Waals surface area contributed by atoms with Crippen molar-refractivity contribution in [2.45, 2.75) is 22.8 Å². The first-order valence-electron chi connectivity index (χ1n) is 11.8. The van der Waals surface area contributed by atoms with E-state index < -0.39 is 17.1 Å². The first-order valence-corrected chi connectivity index (χ1v) is 13.9. The highest BCUT2D eigenvalue weighted by Gasteiger charge is 2.56. The number of nitrogens with one attached hydrogen (secondary N) is 1. The number of aromatic amines is 1. The minimum absolute atomic E-state index is 0.208. The van der Waals surface area contributed by atoms with Crippen LogP contribution in [0, 0.1) is 5.92 Å². The molecular formula is C28H21ClN2O5S2. The lowest BCUT2D eigenvalue weighted by molar-refractivity contribution is -0.122. The van der Waals surface area contributed by atoms with Crippen molar-refractivity contribution in [2.24, 2.45) is 5.92 Å². The van der Waals surface area contributed by atoms with Crippen molar-refractivity contribution in [3.63, 3.8) is 0 Å². The molecule has 10 heteroatoms. The second-order valence-corrected chi connectivity index (χ2v) is 11.6. The van der Waals surface area contributed by atoms with E-state index in [9.17, 15) is 14.4 Å². The molecule has 1 aromatic heterocycles. The Hall–Kier alpha value is -3.53. The van der Waals surface area contributed by atoms with E-state index in [1.165, 1.54) is 16.7 Å². The summed E-state index contributed by atoms with van der Waals surface area (Å²) >= 11 is 8.41. The Morgan fingerprint density at radius 2 is 1.68 bits per heavy atom. The summed E-state index contributed by atoms with van der Waals surface area (Å²) in [6, 6.07) is 21.8. The molecule has 6 rings (SSSR count). The Bertz CT molecular complexity index is 1580. The Balaban J connectivity index is 1.31. The lowest BCUT2D eigenvalue weighted by Crippen LogP contribution is -2.32. The fourth-order valence-corrected chi connectivity index (χ4v) is 7.65. The molecule has 0 spiro atoms. The van der Waals surface area contributed by atoms with Crippen molar-refractivity contribution in [3.8, 4) is 11.5 Å². The number of fused-ring (bicyclic) bond motifs is 2. The third-order valence-electron chi connectivity index (χ3n) is 6.69. The van der Waals surface area contributed by atoms with Crippen LogP contribution in [0.3, 0.4) is 0 Å². The molecule has 0 radical (unpaired) electrons. The maximum Gasteiger partial charge on any atom is 0.305 e. The molecule has 7 nitrogen and oxygen atoms in total. The van der Waals surface area contributed by atoms with Crippen LogP contribution in [-0.2, 0) is 16.2 Å². The van der Waals surface area contributed by atoms with E-state index in [1.807, 2.05) is 48.5 Å². The SMILES string of the molecule is COc1ccc(N2C(=O)C3Sc4[nH]c(=O)sc4C(c4ccc(OCc5cccc(Cl)c5)cc4)C3C2=O)cc1. The number of amides is 2. The van der Waals surface area contributed by atoms with Crippen LogP contribution in [0.1, 0.15) is 21.9 Å². The van der Waals surface area contributed by atoms with E-state index in [1.54, 1.807) is 31.4 Å². The molecule has 2 amide bonds. The number of ether oxygens (including phenoxy) is 2. The number of hydrogen-bond acceptors (Lipinski definition) is 7. The molecule has 192 valence electrons. The summed E-state index contributed by atoms with van der Waals surface area (Å²) < 4.78 is 11.1. The summed E-state index contributed by atoms with van der Waals surface area (Å²) in [4.78, 5) is 44.3. The first-order chi connectivity index (χ1) is 18.4. The number of thiazole rings is 1. The Labute approximate surface area is 231 Å². The molecule has 3 atom stereocenters. The lowest BCUT2D eigenvalue weighted by atomic mass is 9.83. The number of carbonyl (C=O) groups excluding carboxylic acids is 2. The average molecular weight is 565 g/mol. The number of hydrogen-bond donors (Lipinski definition) is 1. The predicted molar refractivity (Wildman–Crippen MR) is 148 cm³/mol. The summed E-state index contributed by atoms with van der Waals surface area (Å²) in [5.41, 5.74) is 2.28. The van der Waals surface area contributed by atoms with E-state index in [2.05, 4.69) is 4.98 Å². The van der Waals surface area contributed by atoms with Gasteiger partial charge in [-0.2, -0.15) is 0 Å². The molecule has 1 saturated heterocycles. The number of imide groups is 1. The van der Waals surface area contributed by atoms with Crippen molar-refractivity contribution in [1.29, 1.82) is 0 Å². The fourth-order valence-electron chi connectivity index (χ4n) is 4.93. The van der Waals surface area contributed by atoms with Gasteiger partial charge in [-0.05, 0) is 59.7 Å². The van der Waals surface area contributed by atoms with Gasteiger partial charge < -0.3 is 14.5 Å². The second-order valence-electron chi connectivity index (χ2n) is 8.95. The summed E-state index contributed by atoms with van der Waals surface area (Å²) in [5.74, 6) is -0.370. The number of nitrogens with zero attached hydrogens (tertiary/aromatic N) is 1. The van der Waals surface area contributed by atoms with Gasteiger partial charge in [0.25, 0.3) is 0 Å². The van der Waals surface area contributed by atoms with Crippen LogP contribution in [-0.4, -0.2) is 29.2 Å². The highest BCUT2D eigenvalue weighted by Crippen LogP contribution is 2.53. The average Bonchev–Trinajstić information content (AvgIpc) is 3.42. The van der Waals surface area contributed by atoms with Crippen LogP contribution in [0.5, 0.6) is 11.5 Å². The molecule has 38 heavy (non-hydrogen) atoms. The van der Waals surface area contributed by atoms with Gasteiger partial charge in [-0.25, -0.2) is 4.90 Å². The fraction of sp³-hybridized carbons (Fsp3) is 0.179.